The first-order valence-corrected chi connectivity index (χ1v) is 14.1. The van der Waals surface area contributed by atoms with Gasteiger partial charge in [0, 0.05) is 18.0 Å². The molecule has 0 spiro atoms. The molecule has 0 saturated carbocycles. The van der Waals surface area contributed by atoms with Gasteiger partial charge in [0.1, 0.15) is 12.3 Å². The molecule has 0 aliphatic rings. The van der Waals surface area contributed by atoms with Crippen LogP contribution in [-0.4, -0.2) is 25.4 Å². The summed E-state index contributed by atoms with van der Waals surface area (Å²) in [6.07, 6.45) is -2.01. The highest BCUT2D eigenvalue weighted by atomic mass is 19.4. The van der Waals surface area contributed by atoms with E-state index in [2.05, 4.69) is 20.6 Å². The summed E-state index contributed by atoms with van der Waals surface area (Å²) in [5, 5.41) is 6.00. The van der Waals surface area contributed by atoms with Gasteiger partial charge in [-0.1, -0.05) is 72.8 Å². The van der Waals surface area contributed by atoms with Gasteiger partial charge >= 0.3 is 12.3 Å². The molecule has 3 aromatic carbocycles. The van der Waals surface area contributed by atoms with Gasteiger partial charge in [-0.2, -0.15) is 13.2 Å². The predicted octanol–water partition coefficient (Wildman–Crippen LogP) is 8.40. The number of amides is 1. The van der Waals surface area contributed by atoms with Gasteiger partial charge in [-0.3, -0.25) is 9.72 Å². The summed E-state index contributed by atoms with van der Waals surface area (Å²) >= 11 is 0. The minimum absolute atomic E-state index is 0.0864. The quantitative estimate of drug-likeness (QED) is 0.180. The average molecular weight is 609 g/mol. The second-order valence-corrected chi connectivity index (χ2v) is 10.3. The van der Waals surface area contributed by atoms with E-state index in [0.29, 0.717) is 28.7 Å². The predicted molar refractivity (Wildman–Crippen MR) is 165 cm³/mol. The molecule has 0 bridgehead atoms. The molecule has 0 saturated heterocycles. The maximum Gasteiger partial charge on any atom is 0.416 e. The lowest BCUT2D eigenvalue weighted by atomic mass is 10.0. The van der Waals surface area contributed by atoms with Gasteiger partial charge in [0.2, 0.25) is 5.95 Å². The van der Waals surface area contributed by atoms with Crippen molar-refractivity contribution in [2.75, 3.05) is 10.6 Å². The Kier molecular flexibility index (Phi) is 8.15. The molecule has 6 aromatic rings. The van der Waals surface area contributed by atoms with Crippen LogP contribution in [0.3, 0.4) is 0 Å². The van der Waals surface area contributed by atoms with E-state index in [9.17, 15) is 18.0 Å². The molecule has 2 N–H and O–H groups in total. The Balaban J connectivity index is 1.38. The highest BCUT2D eigenvalue weighted by molar-refractivity contribution is 5.86. The number of ether oxygens (including phenoxy) is 1. The lowest BCUT2D eigenvalue weighted by molar-refractivity contribution is -0.137. The number of halogens is 3. The first-order chi connectivity index (χ1) is 21.7. The zero-order valence-electron chi connectivity index (χ0n) is 24.0. The van der Waals surface area contributed by atoms with Gasteiger partial charge in [0.25, 0.3) is 0 Å². The lowest BCUT2D eigenvalue weighted by Crippen LogP contribution is -2.14. The molecular formula is C34H27F3N6O2. The van der Waals surface area contributed by atoms with E-state index in [1.54, 1.807) is 41.1 Å². The molecular weight excluding hydrogens is 581 g/mol. The van der Waals surface area contributed by atoms with Crippen LogP contribution in [0.25, 0.3) is 28.3 Å². The molecule has 0 aliphatic heterocycles. The fourth-order valence-corrected chi connectivity index (χ4v) is 4.86. The Labute approximate surface area is 256 Å². The number of pyridine rings is 1. The average Bonchev–Trinajstić information content (AvgIpc) is 3.43. The van der Waals surface area contributed by atoms with Crippen molar-refractivity contribution < 1.29 is 22.7 Å². The van der Waals surface area contributed by atoms with E-state index in [4.69, 9.17) is 9.72 Å². The molecule has 1 atom stereocenters. The van der Waals surface area contributed by atoms with Gasteiger partial charge in [0.15, 0.2) is 0 Å². The number of benzene rings is 3. The molecule has 3 heterocycles. The standard InChI is InChI=1S/C34H27F3N6O2/c1-22(24-11-6-3-7-12-24)39-32-38-18-17-28(41-32)31-30(25-13-8-14-26(19-25)34(35,36)37)42-29-16-15-27(20-43(29)31)40-33(44)45-21-23-9-4-2-5-10-23/h2-20,22H,21H2,1H3,(H,40,44)(H,38,39,41)/t22-/m0/s1. The molecule has 0 unspecified atom stereocenters. The number of rotatable bonds is 8. The summed E-state index contributed by atoms with van der Waals surface area (Å²) in [4.78, 5) is 26.4. The van der Waals surface area contributed by atoms with Gasteiger partial charge in [0.05, 0.1) is 34.4 Å². The van der Waals surface area contributed by atoms with Gasteiger partial charge in [-0.05, 0) is 48.4 Å². The number of anilines is 2. The molecule has 45 heavy (non-hydrogen) atoms. The number of aromatic nitrogens is 4. The first kappa shape index (κ1) is 29.4. The maximum absolute atomic E-state index is 13.7. The minimum atomic E-state index is -4.54. The van der Waals surface area contributed by atoms with Gasteiger partial charge in [-0.25, -0.2) is 19.7 Å². The fourth-order valence-electron chi connectivity index (χ4n) is 4.86. The lowest BCUT2D eigenvalue weighted by Gasteiger charge is -2.15. The van der Waals surface area contributed by atoms with Crippen molar-refractivity contribution in [2.24, 2.45) is 0 Å². The Bertz CT molecular complexity index is 1950. The molecule has 0 aliphatic carbocycles. The van der Waals surface area contributed by atoms with Crippen molar-refractivity contribution in [3.05, 3.63) is 132 Å². The highest BCUT2D eigenvalue weighted by Crippen LogP contribution is 2.36. The van der Waals surface area contributed by atoms with Gasteiger partial charge in [-0.15, -0.1) is 0 Å². The number of fused-ring (bicyclic) bond motifs is 1. The molecule has 11 heteroatoms. The van der Waals surface area contributed by atoms with Crippen LogP contribution in [0.5, 0.6) is 0 Å². The molecule has 8 nitrogen and oxygen atoms in total. The molecule has 226 valence electrons. The summed E-state index contributed by atoms with van der Waals surface area (Å²) in [6.45, 7) is 2.06. The van der Waals surface area contributed by atoms with Crippen molar-refractivity contribution in [2.45, 2.75) is 25.7 Å². The van der Waals surface area contributed by atoms with E-state index >= 15 is 0 Å². The Morgan fingerprint density at radius 2 is 1.67 bits per heavy atom. The summed E-state index contributed by atoms with van der Waals surface area (Å²) in [5.74, 6) is 0.326. The number of carbonyl (C=O) groups excluding carboxylic acids is 1. The number of nitrogens with one attached hydrogen (secondary N) is 2. The zero-order chi connectivity index (χ0) is 31.4. The van der Waals surface area contributed by atoms with Crippen LogP contribution in [0.4, 0.5) is 29.6 Å². The van der Waals surface area contributed by atoms with E-state index in [-0.39, 0.29) is 23.9 Å². The van der Waals surface area contributed by atoms with Crippen LogP contribution in [0.2, 0.25) is 0 Å². The van der Waals surface area contributed by atoms with E-state index < -0.39 is 17.8 Å². The minimum Gasteiger partial charge on any atom is -0.444 e. The molecule has 6 rings (SSSR count). The largest absolute Gasteiger partial charge is 0.444 e. The third kappa shape index (κ3) is 6.77. The Hall–Kier alpha value is -5.71. The van der Waals surface area contributed by atoms with Crippen molar-refractivity contribution in [3.8, 4) is 22.6 Å². The topological polar surface area (TPSA) is 93.4 Å². The van der Waals surface area contributed by atoms with Crippen molar-refractivity contribution in [3.63, 3.8) is 0 Å². The highest BCUT2D eigenvalue weighted by Gasteiger charge is 2.31. The van der Waals surface area contributed by atoms with E-state index in [1.165, 1.54) is 6.07 Å². The van der Waals surface area contributed by atoms with Crippen LogP contribution in [0.15, 0.2) is 116 Å². The number of imidazole rings is 1. The third-order valence-electron chi connectivity index (χ3n) is 7.08. The molecule has 0 fully saturated rings. The number of hydrogen-bond acceptors (Lipinski definition) is 6. The summed E-state index contributed by atoms with van der Waals surface area (Å²) in [5.41, 5.74) is 3.26. The molecule has 0 radical (unpaired) electrons. The van der Waals surface area contributed by atoms with Crippen molar-refractivity contribution >= 4 is 23.4 Å². The molecule has 1 amide bonds. The number of carbonyl (C=O) groups is 1. The van der Waals surface area contributed by atoms with Gasteiger partial charge < -0.3 is 10.1 Å². The number of hydrogen-bond donors (Lipinski definition) is 2. The van der Waals surface area contributed by atoms with E-state index in [0.717, 1.165) is 23.3 Å². The first-order valence-electron chi connectivity index (χ1n) is 14.1. The third-order valence-corrected chi connectivity index (χ3v) is 7.08. The Morgan fingerprint density at radius 3 is 2.42 bits per heavy atom. The zero-order valence-corrected chi connectivity index (χ0v) is 24.0. The fraction of sp³-hybridized carbons (Fsp3) is 0.118. The van der Waals surface area contributed by atoms with Crippen LogP contribution in [0.1, 0.15) is 29.7 Å². The second kappa shape index (κ2) is 12.5. The maximum atomic E-state index is 13.7. The van der Waals surface area contributed by atoms with Crippen LogP contribution >= 0.6 is 0 Å². The monoisotopic (exact) mass is 608 g/mol. The SMILES string of the molecule is C[C@H](Nc1nccc(-c2c(-c3cccc(C(F)(F)F)c3)nc3ccc(NC(=O)OCc4ccccc4)cn23)n1)c1ccccc1. The van der Waals surface area contributed by atoms with Crippen LogP contribution in [0, 0.1) is 0 Å². The summed E-state index contributed by atoms with van der Waals surface area (Å²) in [6, 6.07) is 28.9. The Morgan fingerprint density at radius 1 is 0.911 bits per heavy atom. The molecule has 3 aromatic heterocycles. The van der Waals surface area contributed by atoms with E-state index in [1.807, 2.05) is 67.6 Å². The number of alkyl halides is 3. The van der Waals surface area contributed by atoms with Crippen molar-refractivity contribution in [1.29, 1.82) is 0 Å². The van der Waals surface area contributed by atoms with Crippen LogP contribution < -0.4 is 10.6 Å². The van der Waals surface area contributed by atoms with Crippen molar-refractivity contribution in [1.82, 2.24) is 19.4 Å². The number of nitrogens with zero attached hydrogens (tertiary/aromatic N) is 4. The summed E-state index contributed by atoms with van der Waals surface area (Å²) in [7, 11) is 0. The smallest absolute Gasteiger partial charge is 0.416 e. The summed E-state index contributed by atoms with van der Waals surface area (Å²) < 4.78 is 48.0. The normalized spacial score (nSPS) is 12.1. The second-order valence-electron chi connectivity index (χ2n) is 10.3. The van der Waals surface area contributed by atoms with Crippen LogP contribution in [-0.2, 0) is 17.5 Å².